The van der Waals surface area contributed by atoms with Crippen molar-refractivity contribution < 1.29 is 14.3 Å². The van der Waals surface area contributed by atoms with Crippen molar-refractivity contribution in [3.05, 3.63) is 29.8 Å². The Morgan fingerprint density at radius 2 is 2.24 bits per heavy atom. The van der Waals surface area contributed by atoms with Crippen molar-refractivity contribution in [2.75, 3.05) is 25.6 Å². The molecule has 0 bridgehead atoms. The molecule has 1 fully saturated rings. The molecule has 5 heteroatoms. The number of methoxy groups -OCH3 is 1. The van der Waals surface area contributed by atoms with E-state index >= 15 is 0 Å². The molecule has 0 saturated heterocycles. The van der Waals surface area contributed by atoms with Gasteiger partial charge in [-0.2, -0.15) is 0 Å². The van der Waals surface area contributed by atoms with E-state index in [0.717, 1.165) is 24.1 Å². The van der Waals surface area contributed by atoms with Gasteiger partial charge in [0, 0.05) is 25.3 Å². The highest BCUT2D eigenvalue weighted by Crippen LogP contribution is 2.32. The van der Waals surface area contributed by atoms with Gasteiger partial charge in [-0.05, 0) is 36.5 Å². The summed E-state index contributed by atoms with van der Waals surface area (Å²) >= 11 is 0. The molecule has 1 aliphatic rings. The summed E-state index contributed by atoms with van der Waals surface area (Å²) in [6.45, 7) is 1.65. The minimum absolute atomic E-state index is 0.00874. The summed E-state index contributed by atoms with van der Waals surface area (Å²) in [6.07, 6.45) is 2.70. The molecule has 0 aromatic heterocycles. The maximum atomic E-state index is 11.9. The van der Waals surface area contributed by atoms with E-state index < -0.39 is 0 Å². The van der Waals surface area contributed by atoms with Gasteiger partial charge in [0.15, 0.2) is 0 Å². The van der Waals surface area contributed by atoms with E-state index in [0.29, 0.717) is 32.2 Å². The van der Waals surface area contributed by atoms with Gasteiger partial charge in [0.2, 0.25) is 5.91 Å². The van der Waals surface area contributed by atoms with Crippen LogP contribution < -0.4 is 11.1 Å². The van der Waals surface area contributed by atoms with Gasteiger partial charge in [0.05, 0.1) is 19.8 Å². The molecule has 1 atom stereocenters. The van der Waals surface area contributed by atoms with Gasteiger partial charge in [-0.1, -0.05) is 12.1 Å². The second kappa shape index (κ2) is 8.12. The van der Waals surface area contributed by atoms with Crippen LogP contribution in [0.15, 0.2) is 24.3 Å². The van der Waals surface area contributed by atoms with Crippen molar-refractivity contribution in [3.63, 3.8) is 0 Å². The lowest BCUT2D eigenvalue weighted by atomic mass is 10.1. The Morgan fingerprint density at radius 1 is 1.43 bits per heavy atom. The number of carbonyl (C=O) groups excluding carboxylic acids is 1. The summed E-state index contributed by atoms with van der Waals surface area (Å²) in [6, 6.07) is 7.67. The van der Waals surface area contributed by atoms with Crippen LogP contribution in [0.5, 0.6) is 0 Å². The van der Waals surface area contributed by atoms with Crippen molar-refractivity contribution in [2.24, 2.45) is 11.7 Å². The third kappa shape index (κ3) is 5.83. The van der Waals surface area contributed by atoms with Crippen LogP contribution in [0.3, 0.4) is 0 Å². The molecule has 116 valence electrons. The molecule has 2 rings (SSSR count). The molecule has 1 aromatic rings. The molecule has 3 N–H and O–H groups in total. The maximum absolute atomic E-state index is 11.9. The lowest BCUT2D eigenvalue weighted by Gasteiger charge is -2.11. The Hall–Kier alpha value is -1.43. The van der Waals surface area contributed by atoms with Gasteiger partial charge < -0.3 is 20.5 Å². The number of rotatable bonds is 9. The van der Waals surface area contributed by atoms with Crippen molar-refractivity contribution in [1.82, 2.24) is 0 Å². The summed E-state index contributed by atoms with van der Waals surface area (Å²) in [4.78, 5) is 11.9. The molecular formula is C16H24N2O3. The number of hydrogen-bond acceptors (Lipinski definition) is 4. The molecular weight excluding hydrogens is 268 g/mol. The van der Waals surface area contributed by atoms with Crippen LogP contribution in [0.2, 0.25) is 0 Å². The van der Waals surface area contributed by atoms with E-state index in [1.165, 1.54) is 0 Å². The van der Waals surface area contributed by atoms with Crippen molar-refractivity contribution in [1.29, 1.82) is 0 Å². The summed E-state index contributed by atoms with van der Waals surface area (Å²) in [5.74, 6) is 0.517. The largest absolute Gasteiger partial charge is 0.382 e. The first-order valence-corrected chi connectivity index (χ1v) is 7.40. The van der Waals surface area contributed by atoms with Crippen LogP contribution in [0.1, 0.15) is 24.8 Å². The number of anilines is 1. The third-order valence-electron chi connectivity index (χ3n) is 3.56. The topological polar surface area (TPSA) is 73.6 Å². The number of benzene rings is 1. The Balaban J connectivity index is 1.78. The van der Waals surface area contributed by atoms with Gasteiger partial charge in [0.1, 0.15) is 0 Å². The predicted molar refractivity (Wildman–Crippen MR) is 81.9 cm³/mol. The normalized spacial score (nSPS) is 15.7. The average Bonchev–Trinajstić information content (AvgIpc) is 3.28. The highest BCUT2D eigenvalue weighted by Gasteiger charge is 2.29. The number of nitrogens with one attached hydrogen (secondary N) is 1. The van der Waals surface area contributed by atoms with Crippen LogP contribution in [0.4, 0.5) is 5.69 Å². The molecule has 0 radical (unpaired) electrons. The molecule has 1 unspecified atom stereocenters. The average molecular weight is 292 g/mol. The predicted octanol–water partition coefficient (Wildman–Crippen LogP) is 1.92. The van der Waals surface area contributed by atoms with Crippen molar-refractivity contribution in [2.45, 2.75) is 31.9 Å². The zero-order valence-electron chi connectivity index (χ0n) is 12.5. The number of hydrogen-bond donors (Lipinski definition) is 2. The monoisotopic (exact) mass is 292 g/mol. The molecule has 1 aromatic carbocycles. The molecule has 5 nitrogen and oxygen atoms in total. The van der Waals surface area contributed by atoms with Crippen molar-refractivity contribution in [3.8, 4) is 0 Å². The first kappa shape index (κ1) is 15.9. The fourth-order valence-electron chi connectivity index (χ4n) is 2.19. The molecule has 0 aliphatic heterocycles. The Kier molecular flexibility index (Phi) is 6.17. The fraction of sp³-hybridized carbons (Fsp3) is 0.562. The van der Waals surface area contributed by atoms with Crippen LogP contribution >= 0.6 is 0 Å². The van der Waals surface area contributed by atoms with Crippen LogP contribution in [-0.4, -0.2) is 32.3 Å². The van der Waals surface area contributed by atoms with Gasteiger partial charge in [0.25, 0.3) is 0 Å². The number of nitrogens with two attached hydrogens (primary N) is 1. The first-order valence-electron chi connectivity index (χ1n) is 7.40. The third-order valence-corrected chi connectivity index (χ3v) is 3.56. The SMILES string of the molecule is COCCOCc1cccc(NC(=O)CC(N)C2CC2)c1. The molecule has 1 saturated carbocycles. The van der Waals surface area contributed by atoms with Crippen LogP contribution in [-0.2, 0) is 20.9 Å². The minimum Gasteiger partial charge on any atom is -0.382 e. The number of carbonyl (C=O) groups is 1. The van der Waals surface area contributed by atoms with E-state index in [-0.39, 0.29) is 11.9 Å². The minimum atomic E-state index is -0.0214. The molecule has 0 heterocycles. The zero-order chi connectivity index (χ0) is 15.1. The standard InChI is InChI=1S/C16H24N2O3/c1-20-7-8-21-11-12-3-2-4-14(9-12)18-16(19)10-15(17)13-5-6-13/h2-4,9,13,15H,5-8,10-11,17H2,1H3,(H,18,19). The summed E-state index contributed by atoms with van der Waals surface area (Å²) in [7, 11) is 1.64. The Labute approximate surface area is 125 Å². The quantitative estimate of drug-likeness (QED) is 0.682. The smallest absolute Gasteiger partial charge is 0.225 e. The summed E-state index contributed by atoms with van der Waals surface area (Å²) in [5, 5.41) is 2.90. The van der Waals surface area contributed by atoms with E-state index in [1.807, 2.05) is 24.3 Å². The summed E-state index contributed by atoms with van der Waals surface area (Å²) in [5.41, 5.74) is 7.78. The van der Waals surface area contributed by atoms with Gasteiger partial charge in [-0.25, -0.2) is 0 Å². The number of ether oxygens (including phenoxy) is 2. The molecule has 1 amide bonds. The van der Waals surface area contributed by atoms with Gasteiger partial charge in [-0.3, -0.25) is 4.79 Å². The lowest BCUT2D eigenvalue weighted by Crippen LogP contribution is -2.28. The van der Waals surface area contributed by atoms with Gasteiger partial charge >= 0.3 is 0 Å². The van der Waals surface area contributed by atoms with E-state index in [9.17, 15) is 4.79 Å². The highest BCUT2D eigenvalue weighted by atomic mass is 16.5. The second-order valence-corrected chi connectivity index (χ2v) is 5.50. The molecule has 21 heavy (non-hydrogen) atoms. The number of amides is 1. The summed E-state index contributed by atoms with van der Waals surface area (Å²) < 4.78 is 10.4. The highest BCUT2D eigenvalue weighted by molar-refractivity contribution is 5.91. The second-order valence-electron chi connectivity index (χ2n) is 5.50. The Morgan fingerprint density at radius 3 is 2.95 bits per heavy atom. The lowest BCUT2D eigenvalue weighted by molar-refractivity contribution is -0.116. The van der Waals surface area contributed by atoms with E-state index in [4.69, 9.17) is 15.2 Å². The first-order chi connectivity index (χ1) is 10.2. The molecule has 1 aliphatic carbocycles. The maximum Gasteiger partial charge on any atom is 0.225 e. The van der Waals surface area contributed by atoms with Crippen molar-refractivity contribution >= 4 is 11.6 Å². The van der Waals surface area contributed by atoms with Crippen LogP contribution in [0.25, 0.3) is 0 Å². The fourth-order valence-corrected chi connectivity index (χ4v) is 2.19. The van der Waals surface area contributed by atoms with E-state index in [2.05, 4.69) is 5.32 Å². The van der Waals surface area contributed by atoms with Crippen LogP contribution in [0, 0.1) is 5.92 Å². The zero-order valence-corrected chi connectivity index (χ0v) is 12.5. The van der Waals surface area contributed by atoms with Gasteiger partial charge in [-0.15, -0.1) is 0 Å². The van der Waals surface area contributed by atoms with E-state index in [1.54, 1.807) is 7.11 Å². The molecule has 0 spiro atoms. The Bertz CT molecular complexity index is 461.